The van der Waals surface area contributed by atoms with Gasteiger partial charge in [-0.2, -0.15) is 5.26 Å². The van der Waals surface area contributed by atoms with Crippen LogP contribution in [0.1, 0.15) is 11.1 Å². The molecular weight excluding hydrogens is 226 g/mol. The Morgan fingerprint density at radius 1 is 1.22 bits per heavy atom. The number of nitriles is 1. The van der Waals surface area contributed by atoms with Gasteiger partial charge in [-0.15, -0.1) is 0 Å². The molecule has 0 saturated carbocycles. The number of rotatable bonds is 5. The van der Waals surface area contributed by atoms with Gasteiger partial charge in [-0.25, -0.2) is 0 Å². The molecule has 1 aliphatic heterocycles. The lowest BCUT2D eigenvalue weighted by Gasteiger charge is -2.26. The van der Waals surface area contributed by atoms with Crippen LogP contribution in [-0.4, -0.2) is 44.3 Å². The number of nitrogens with zero attached hydrogens (tertiary/aromatic N) is 2. The molecule has 1 saturated heterocycles. The average molecular weight is 245 g/mol. The molecule has 0 aliphatic carbocycles. The van der Waals surface area contributed by atoms with Gasteiger partial charge in [0.15, 0.2) is 0 Å². The quantitative estimate of drug-likeness (QED) is 0.786. The fourth-order valence-electron chi connectivity index (χ4n) is 1.99. The van der Waals surface area contributed by atoms with E-state index in [0.29, 0.717) is 5.56 Å². The fraction of sp³-hybridized carbons (Fsp3) is 0.500. The molecule has 1 heterocycles. The van der Waals surface area contributed by atoms with Gasteiger partial charge in [0.1, 0.15) is 0 Å². The molecular formula is C14H19N3O. The van der Waals surface area contributed by atoms with Crippen molar-refractivity contribution in [2.45, 2.75) is 6.54 Å². The normalized spacial score (nSPS) is 16.4. The predicted octanol–water partition coefficient (Wildman–Crippen LogP) is 0.980. The predicted molar refractivity (Wildman–Crippen MR) is 70.1 cm³/mol. The summed E-state index contributed by atoms with van der Waals surface area (Å²) in [6.07, 6.45) is 0. The van der Waals surface area contributed by atoms with Crippen LogP contribution in [-0.2, 0) is 11.3 Å². The molecule has 0 atom stereocenters. The highest BCUT2D eigenvalue weighted by molar-refractivity contribution is 5.31. The molecule has 0 aromatic heterocycles. The van der Waals surface area contributed by atoms with Crippen LogP contribution < -0.4 is 5.32 Å². The molecule has 0 spiro atoms. The Hall–Kier alpha value is -1.41. The molecule has 96 valence electrons. The zero-order chi connectivity index (χ0) is 12.6. The number of hydrogen-bond acceptors (Lipinski definition) is 4. The topological polar surface area (TPSA) is 48.3 Å². The smallest absolute Gasteiger partial charge is 0.0991 e. The van der Waals surface area contributed by atoms with Crippen molar-refractivity contribution in [3.8, 4) is 6.07 Å². The Bertz CT molecular complexity index is 390. The lowest BCUT2D eigenvalue weighted by Crippen LogP contribution is -2.40. The summed E-state index contributed by atoms with van der Waals surface area (Å²) in [4.78, 5) is 2.41. The van der Waals surface area contributed by atoms with E-state index in [2.05, 4.69) is 16.3 Å². The van der Waals surface area contributed by atoms with Crippen molar-refractivity contribution in [3.63, 3.8) is 0 Å². The van der Waals surface area contributed by atoms with Crippen molar-refractivity contribution >= 4 is 0 Å². The molecule has 4 nitrogen and oxygen atoms in total. The maximum Gasteiger partial charge on any atom is 0.0991 e. The molecule has 0 amide bonds. The van der Waals surface area contributed by atoms with Crippen LogP contribution in [0.3, 0.4) is 0 Å². The van der Waals surface area contributed by atoms with E-state index in [4.69, 9.17) is 10.00 Å². The zero-order valence-electron chi connectivity index (χ0n) is 10.6. The van der Waals surface area contributed by atoms with E-state index < -0.39 is 0 Å². The van der Waals surface area contributed by atoms with Gasteiger partial charge >= 0.3 is 0 Å². The molecule has 1 aromatic carbocycles. The Morgan fingerprint density at radius 2 is 1.94 bits per heavy atom. The van der Waals surface area contributed by atoms with E-state index in [0.717, 1.165) is 45.9 Å². The first-order valence-corrected chi connectivity index (χ1v) is 6.38. The molecule has 0 unspecified atom stereocenters. The van der Waals surface area contributed by atoms with Crippen LogP contribution in [0.25, 0.3) is 0 Å². The van der Waals surface area contributed by atoms with Crippen LogP contribution in [0.15, 0.2) is 24.3 Å². The van der Waals surface area contributed by atoms with Crippen LogP contribution in [0.2, 0.25) is 0 Å². The van der Waals surface area contributed by atoms with Gasteiger partial charge in [0, 0.05) is 32.7 Å². The first kappa shape index (κ1) is 13.0. The van der Waals surface area contributed by atoms with Gasteiger partial charge in [-0.3, -0.25) is 4.90 Å². The third-order valence-electron chi connectivity index (χ3n) is 3.12. The largest absolute Gasteiger partial charge is 0.379 e. The summed E-state index contributed by atoms with van der Waals surface area (Å²) in [5, 5.41) is 12.1. The van der Waals surface area contributed by atoms with Crippen molar-refractivity contribution in [2.24, 2.45) is 0 Å². The molecule has 1 N–H and O–H groups in total. The Kier molecular flexibility index (Phi) is 5.15. The minimum absolute atomic E-state index is 0.715. The molecule has 1 aliphatic rings. The van der Waals surface area contributed by atoms with Gasteiger partial charge in [-0.05, 0) is 17.7 Å². The van der Waals surface area contributed by atoms with Crippen molar-refractivity contribution in [1.29, 1.82) is 5.26 Å². The summed E-state index contributed by atoms with van der Waals surface area (Å²) in [5.41, 5.74) is 1.93. The highest BCUT2D eigenvalue weighted by Gasteiger charge is 2.08. The van der Waals surface area contributed by atoms with Crippen LogP contribution >= 0.6 is 0 Å². The number of hydrogen-bond donors (Lipinski definition) is 1. The SMILES string of the molecule is N#Cc1ccc(CNCCN2CCOCC2)cc1. The molecule has 2 rings (SSSR count). The van der Waals surface area contributed by atoms with Gasteiger partial charge < -0.3 is 10.1 Å². The Morgan fingerprint density at radius 3 is 2.61 bits per heavy atom. The Labute approximate surface area is 108 Å². The third-order valence-corrected chi connectivity index (χ3v) is 3.12. The standard InChI is InChI=1S/C14H19N3O/c15-11-13-1-3-14(4-2-13)12-16-5-6-17-7-9-18-10-8-17/h1-4,16H,5-10,12H2. The number of morpholine rings is 1. The summed E-state index contributed by atoms with van der Waals surface area (Å²) >= 11 is 0. The Balaban J connectivity index is 1.63. The number of nitrogens with one attached hydrogen (secondary N) is 1. The maximum atomic E-state index is 8.71. The van der Waals surface area contributed by atoms with Crippen molar-refractivity contribution in [3.05, 3.63) is 35.4 Å². The molecule has 4 heteroatoms. The van der Waals surface area contributed by atoms with Gasteiger partial charge in [0.2, 0.25) is 0 Å². The molecule has 0 radical (unpaired) electrons. The van der Waals surface area contributed by atoms with Crippen LogP contribution in [0.4, 0.5) is 0 Å². The van der Waals surface area contributed by atoms with Crippen LogP contribution in [0.5, 0.6) is 0 Å². The molecule has 18 heavy (non-hydrogen) atoms. The second-order valence-electron chi connectivity index (χ2n) is 4.44. The summed E-state index contributed by atoms with van der Waals surface area (Å²) in [7, 11) is 0. The first-order chi connectivity index (χ1) is 8.88. The van der Waals surface area contributed by atoms with E-state index in [-0.39, 0.29) is 0 Å². The van der Waals surface area contributed by atoms with Crippen LogP contribution in [0, 0.1) is 11.3 Å². The van der Waals surface area contributed by atoms with Crippen molar-refractivity contribution in [1.82, 2.24) is 10.2 Å². The molecule has 1 fully saturated rings. The fourth-order valence-corrected chi connectivity index (χ4v) is 1.99. The van der Waals surface area contributed by atoms with Gasteiger partial charge in [-0.1, -0.05) is 12.1 Å². The second kappa shape index (κ2) is 7.12. The molecule has 0 bridgehead atoms. The van der Waals surface area contributed by atoms with Crippen molar-refractivity contribution in [2.75, 3.05) is 39.4 Å². The highest BCUT2D eigenvalue weighted by atomic mass is 16.5. The van der Waals surface area contributed by atoms with E-state index >= 15 is 0 Å². The van der Waals surface area contributed by atoms with E-state index in [9.17, 15) is 0 Å². The van der Waals surface area contributed by atoms with Gasteiger partial charge in [0.05, 0.1) is 24.8 Å². The summed E-state index contributed by atoms with van der Waals surface area (Å²) < 4.78 is 5.31. The second-order valence-corrected chi connectivity index (χ2v) is 4.44. The zero-order valence-corrected chi connectivity index (χ0v) is 10.6. The first-order valence-electron chi connectivity index (χ1n) is 6.38. The highest BCUT2D eigenvalue weighted by Crippen LogP contribution is 2.02. The van der Waals surface area contributed by atoms with E-state index in [1.807, 2.05) is 24.3 Å². The number of ether oxygens (including phenoxy) is 1. The number of benzene rings is 1. The monoisotopic (exact) mass is 245 g/mol. The third kappa shape index (κ3) is 4.11. The molecule has 1 aromatic rings. The summed E-state index contributed by atoms with van der Waals surface area (Å²) in [5.74, 6) is 0. The summed E-state index contributed by atoms with van der Waals surface area (Å²) in [6.45, 7) is 6.71. The van der Waals surface area contributed by atoms with Crippen molar-refractivity contribution < 1.29 is 4.74 Å². The minimum atomic E-state index is 0.715. The minimum Gasteiger partial charge on any atom is -0.379 e. The maximum absolute atomic E-state index is 8.71. The lowest BCUT2D eigenvalue weighted by atomic mass is 10.1. The lowest BCUT2D eigenvalue weighted by molar-refractivity contribution is 0.0384. The van der Waals surface area contributed by atoms with E-state index in [1.165, 1.54) is 5.56 Å². The van der Waals surface area contributed by atoms with E-state index in [1.54, 1.807) is 0 Å². The average Bonchev–Trinajstić information content (AvgIpc) is 2.45. The summed E-state index contributed by atoms with van der Waals surface area (Å²) in [6, 6.07) is 9.85. The van der Waals surface area contributed by atoms with Gasteiger partial charge in [0.25, 0.3) is 0 Å².